The maximum absolute atomic E-state index is 5.98. The summed E-state index contributed by atoms with van der Waals surface area (Å²) in [6.07, 6.45) is 0. The van der Waals surface area contributed by atoms with E-state index in [0.717, 1.165) is 41.8 Å². The highest BCUT2D eigenvalue weighted by atomic mass is 35.5. The molecule has 0 saturated carbocycles. The summed E-state index contributed by atoms with van der Waals surface area (Å²) in [5.74, 6) is 0. The molecule has 3 nitrogen and oxygen atoms in total. The number of aryl methyl sites for hydroxylation is 2. The second kappa shape index (κ2) is 6.26. The van der Waals surface area contributed by atoms with Gasteiger partial charge in [-0.3, -0.25) is 0 Å². The van der Waals surface area contributed by atoms with Gasteiger partial charge in [-0.15, -0.1) is 0 Å². The van der Waals surface area contributed by atoms with Crippen LogP contribution in [-0.4, -0.2) is 31.2 Å². The van der Waals surface area contributed by atoms with Gasteiger partial charge in [-0.05, 0) is 49.2 Å². The van der Waals surface area contributed by atoms with Crippen molar-refractivity contribution < 1.29 is 0 Å². The van der Waals surface area contributed by atoms with Gasteiger partial charge in [0.25, 0.3) is 0 Å². The Morgan fingerprint density at radius 3 is 2.17 bits per heavy atom. The largest absolute Gasteiger partial charge is 0.368 e. The third-order valence-electron chi connectivity index (χ3n) is 4.67. The van der Waals surface area contributed by atoms with Crippen molar-refractivity contribution in [2.24, 2.45) is 0 Å². The zero-order chi connectivity index (χ0) is 16.7. The number of hydrogen-bond acceptors (Lipinski definition) is 4. The van der Waals surface area contributed by atoms with Crippen LogP contribution in [0.1, 0.15) is 11.1 Å². The maximum Gasteiger partial charge on any atom is 0.186 e. The molecule has 1 aliphatic rings. The van der Waals surface area contributed by atoms with E-state index in [1.807, 2.05) is 23.5 Å². The molecule has 0 aliphatic carbocycles. The van der Waals surface area contributed by atoms with Crippen molar-refractivity contribution in [3.8, 4) is 0 Å². The van der Waals surface area contributed by atoms with Crippen molar-refractivity contribution in [3.63, 3.8) is 0 Å². The van der Waals surface area contributed by atoms with Gasteiger partial charge >= 0.3 is 0 Å². The molecule has 0 unspecified atom stereocenters. The molecule has 3 aromatic rings. The van der Waals surface area contributed by atoms with Crippen molar-refractivity contribution >= 4 is 44.0 Å². The molecule has 1 fully saturated rings. The van der Waals surface area contributed by atoms with E-state index in [1.165, 1.54) is 21.5 Å². The molecule has 4 rings (SSSR count). The lowest BCUT2D eigenvalue weighted by Gasteiger charge is -2.36. The Morgan fingerprint density at radius 1 is 0.875 bits per heavy atom. The number of halogens is 1. The van der Waals surface area contributed by atoms with Gasteiger partial charge in [-0.25, -0.2) is 4.98 Å². The molecule has 2 aromatic carbocycles. The van der Waals surface area contributed by atoms with Crippen LogP contribution in [0.15, 0.2) is 36.4 Å². The smallest absolute Gasteiger partial charge is 0.186 e. The molecular formula is C19H20ClN3S. The third kappa shape index (κ3) is 2.85. The van der Waals surface area contributed by atoms with E-state index in [9.17, 15) is 0 Å². The van der Waals surface area contributed by atoms with E-state index < -0.39 is 0 Å². The molecule has 5 heteroatoms. The van der Waals surface area contributed by atoms with E-state index in [-0.39, 0.29) is 0 Å². The number of piperazine rings is 1. The molecule has 1 aromatic heterocycles. The zero-order valence-corrected chi connectivity index (χ0v) is 15.5. The maximum atomic E-state index is 5.98. The van der Waals surface area contributed by atoms with Crippen molar-refractivity contribution in [2.75, 3.05) is 36.0 Å². The fourth-order valence-electron chi connectivity index (χ4n) is 3.19. The minimum absolute atomic E-state index is 0.789. The summed E-state index contributed by atoms with van der Waals surface area (Å²) in [4.78, 5) is 9.74. The molecule has 0 atom stereocenters. The minimum Gasteiger partial charge on any atom is -0.368 e. The highest BCUT2D eigenvalue weighted by Gasteiger charge is 2.20. The van der Waals surface area contributed by atoms with E-state index in [2.05, 4.69) is 47.9 Å². The van der Waals surface area contributed by atoms with E-state index >= 15 is 0 Å². The van der Waals surface area contributed by atoms with Crippen LogP contribution >= 0.6 is 22.9 Å². The van der Waals surface area contributed by atoms with Gasteiger partial charge in [-0.2, -0.15) is 0 Å². The fraction of sp³-hybridized carbons (Fsp3) is 0.316. The Kier molecular flexibility index (Phi) is 4.10. The molecule has 0 spiro atoms. The van der Waals surface area contributed by atoms with Gasteiger partial charge in [0.05, 0.1) is 10.2 Å². The monoisotopic (exact) mass is 357 g/mol. The summed E-state index contributed by atoms with van der Waals surface area (Å²) >= 11 is 7.81. The number of benzene rings is 2. The molecule has 124 valence electrons. The first-order valence-electron chi connectivity index (χ1n) is 8.24. The average Bonchev–Trinajstić information content (AvgIpc) is 3.06. The SMILES string of the molecule is Cc1ccc(C)c2sc(N3CCN(c4ccc(Cl)cc4)CC3)nc12. The topological polar surface area (TPSA) is 19.4 Å². The molecule has 0 radical (unpaired) electrons. The Hall–Kier alpha value is -1.78. The van der Waals surface area contributed by atoms with E-state index in [4.69, 9.17) is 16.6 Å². The Morgan fingerprint density at radius 2 is 1.50 bits per heavy atom. The van der Waals surface area contributed by atoms with Gasteiger partial charge in [0.15, 0.2) is 5.13 Å². The van der Waals surface area contributed by atoms with Crippen molar-refractivity contribution in [1.82, 2.24) is 4.98 Å². The minimum atomic E-state index is 0.789. The summed E-state index contributed by atoms with van der Waals surface area (Å²) in [5, 5.41) is 1.94. The fourth-order valence-corrected chi connectivity index (χ4v) is 4.48. The first-order chi connectivity index (χ1) is 11.6. The normalized spacial score (nSPS) is 15.3. The number of hydrogen-bond donors (Lipinski definition) is 0. The first-order valence-corrected chi connectivity index (χ1v) is 9.43. The summed E-state index contributed by atoms with van der Waals surface area (Å²) in [5.41, 5.74) is 4.99. The predicted molar refractivity (Wildman–Crippen MR) is 105 cm³/mol. The number of thiazole rings is 1. The molecule has 1 aliphatic heterocycles. The molecule has 0 N–H and O–H groups in total. The molecule has 0 bridgehead atoms. The number of rotatable bonds is 2. The van der Waals surface area contributed by atoms with Crippen LogP contribution in [0.4, 0.5) is 10.8 Å². The van der Waals surface area contributed by atoms with Crippen LogP contribution in [0.25, 0.3) is 10.2 Å². The average molecular weight is 358 g/mol. The quantitative estimate of drug-likeness (QED) is 0.650. The van der Waals surface area contributed by atoms with E-state index in [0.29, 0.717) is 0 Å². The predicted octanol–water partition coefficient (Wildman–Crippen LogP) is 4.89. The van der Waals surface area contributed by atoms with Crippen LogP contribution in [0.2, 0.25) is 5.02 Å². The number of nitrogens with zero attached hydrogens (tertiary/aromatic N) is 3. The van der Waals surface area contributed by atoms with Crippen LogP contribution in [0.3, 0.4) is 0 Å². The van der Waals surface area contributed by atoms with Crippen LogP contribution in [0, 0.1) is 13.8 Å². The second-order valence-electron chi connectivity index (χ2n) is 6.32. The third-order valence-corrected chi connectivity index (χ3v) is 6.18. The van der Waals surface area contributed by atoms with E-state index in [1.54, 1.807) is 0 Å². The van der Waals surface area contributed by atoms with Crippen LogP contribution < -0.4 is 9.80 Å². The highest BCUT2D eigenvalue weighted by Crippen LogP contribution is 2.33. The lowest BCUT2D eigenvalue weighted by atomic mass is 10.1. The lowest BCUT2D eigenvalue weighted by Crippen LogP contribution is -2.46. The Labute approximate surface area is 151 Å². The van der Waals surface area contributed by atoms with Crippen molar-refractivity contribution in [3.05, 3.63) is 52.5 Å². The summed E-state index contributed by atoms with van der Waals surface area (Å²) in [7, 11) is 0. The zero-order valence-electron chi connectivity index (χ0n) is 13.9. The molecule has 24 heavy (non-hydrogen) atoms. The van der Waals surface area contributed by atoms with Gasteiger partial charge in [0.1, 0.15) is 0 Å². The van der Waals surface area contributed by atoms with Gasteiger partial charge in [0.2, 0.25) is 0 Å². The molecule has 0 amide bonds. The van der Waals surface area contributed by atoms with Crippen LogP contribution in [-0.2, 0) is 0 Å². The summed E-state index contributed by atoms with van der Waals surface area (Å²) < 4.78 is 1.32. The lowest BCUT2D eigenvalue weighted by molar-refractivity contribution is 0.652. The van der Waals surface area contributed by atoms with Gasteiger partial charge in [0, 0.05) is 36.9 Å². The van der Waals surface area contributed by atoms with Gasteiger partial charge < -0.3 is 9.80 Å². The molecular weight excluding hydrogens is 338 g/mol. The Balaban J connectivity index is 1.52. The van der Waals surface area contributed by atoms with Crippen molar-refractivity contribution in [2.45, 2.75) is 13.8 Å². The second-order valence-corrected chi connectivity index (χ2v) is 7.74. The van der Waals surface area contributed by atoms with Crippen molar-refractivity contribution in [1.29, 1.82) is 0 Å². The number of aromatic nitrogens is 1. The van der Waals surface area contributed by atoms with Crippen LogP contribution in [0.5, 0.6) is 0 Å². The Bertz CT molecular complexity index is 825. The molecule has 2 heterocycles. The number of anilines is 2. The van der Waals surface area contributed by atoms with Gasteiger partial charge in [-0.1, -0.05) is 35.1 Å². The standard InChI is InChI=1S/C19H20ClN3S/c1-13-3-4-14(2)18-17(13)21-19(24-18)23-11-9-22(10-12-23)16-7-5-15(20)6-8-16/h3-8H,9-12H2,1-2H3. The molecule has 1 saturated heterocycles. The summed E-state index contributed by atoms with van der Waals surface area (Å²) in [6, 6.07) is 12.5. The highest BCUT2D eigenvalue weighted by molar-refractivity contribution is 7.22. The summed E-state index contributed by atoms with van der Waals surface area (Å²) in [6.45, 7) is 8.33. The first kappa shape index (κ1) is 15.7. The number of fused-ring (bicyclic) bond motifs is 1.